The number of imidazole rings is 1. The normalized spacial score (nSPS) is 18.0. The lowest BCUT2D eigenvalue weighted by atomic mass is 9.98. The first-order valence-corrected chi connectivity index (χ1v) is 9.01. The molecule has 0 aromatic carbocycles. The van der Waals surface area contributed by atoms with Gasteiger partial charge in [0.25, 0.3) is 5.91 Å². The minimum atomic E-state index is 0.0233. The quantitative estimate of drug-likeness (QED) is 0.795. The van der Waals surface area contributed by atoms with Crippen molar-refractivity contribution in [3.8, 4) is 0 Å². The van der Waals surface area contributed by atoms with Crippen molar-refractivity contribution >= 4 is 28.0 Å². The van der Waals surface area contributed by atoms with Crippen LogP contribution in [0, 0.1) is 0 Å². The van der Waals surface area contributed by atoms with Crippen molar-refractivity contribution in [3.05, 3.63) is 47.4 Å². The van der Waals surface area contributed by atoms with E-state index in [1.807, 2.05) is 18.1 Å². The average molecular weight is 341 g/mol. The summed E-state index contributed by atoms with van der Waals surface area (Å²) in [5.74, 6) is 0.883. The van der Waals surface area contributed by atoms with Crippen LogP contribution in [0.1, 0.15) is 41.4 Å². The van der Waals surface area contributed by atoms with Gasteiger partial charge in [0.1, 0.15) is 10.5 Å². The molecule has 24 heavy (non-hydrogen) atoms. The summed E-state index contributed by atoms with van der Waals surface area (Å²) in [4.78, 5) is 24.8. The van der Waals surface area contributed by atoms with Gasteiger partial charge in [0.05, 0.1) is 6.04 Å². The number of fused-ring (bicyclic) bond motifs is 1. The molecule has 6 nitrogen and oxygen atoms in total. The second-order valence-electron chi connectivity index (χ2n) is 5.89. The first-order valence-electron chi connectivity index (χ1n) is 8.14. The van der Waals surface area contributed by atoms with Gasteiger partial charge in [0.15, 0.2) is 0 Å². The molecule has 0 aliphatic carbocycles. The van der Waals surface area contributed by atoms with Crippen LogP contribution in [0.2, 0.25) is 0 Å². The van der Waals surface area contributed by atoms with Crippen LogP contribution in [0.3, 0.4) is 0 Å². The lowest BCUT2D eigenvalue weighted by Gasteiger charge is -2.35. The first kappa shape index (κ1) is 15.1. The van der Waals surface area contributed by atoms with Crippen molar-refractivity contribution in [2.24, 2.45) is 0 Å². The van der Waals surface area contributed by atoms with Crippen molar-refractivity contribution in [2.75, 3.05) is 18.9 Å². The molecule has 124 valence electrons. The molecule has 0 spiro atoms. The molecule has 4 rings (SSSR count). The summed E-state index contributed by atoms with van der Waals surface area (Å²) in [6.07, 6.45) is 8.45. The van der Waals surface area contributed by atoms with E-state index in [0.29, 0.717) is 5.56 Å². The van der Waals surface area contributed by atoms with Crippen LogP contribution in [0.4, 0.5) is 5.95 Å². The molecule has 1 atom stereocenters. The summed E-state index contributed by atoms with van der Waals surface area (Å²) >= 11 is 1.67. The van der Waals surface area contributed by atoms with Crippen LogP contribution in [0.15, 0.2) is 36.1 Å². The number of hydrogen-bond donors (Lipinski definition) is 1. The van der Waals surface area contributed by atoms with Crippen molar-refractivity contribution < 1.29 is 4.79 Å². The van der Waals surface area contributed by atoms with E-state index < -0.39 is 0 Å². The summed E-state index contributed by atoms with van der Waals surface area (Å²) < 4.78 is 2.06. The number of piperidine rings is 1. The molecule has 1 fully saturated rings. The molecule has 0 bridgehead atoms. The number of likely N-dealkylation sites (tertiary alicyclic amines) is 1. The van der Waals surface area contributed by atoms with Crippen LogP contribution >= 0.6 is 11.3 Å². The second-order valence-corrected chi connectivity index (χ2v) is 6.79. The van der Waals surface area contributed by atoms with Crippen LogP contribution in [-0.2, 0) is 0 Å². The fourth-order valence-corrected chi connectivity index (χ4v) is 4.23. The standard InChI is InChI=1S/C17H19N5OS/c1-18-17-20-14(16-22(17)10-11-24-16)13-4-2-3-9-21(13)15(23)12-5-7-19-8-6-12/h5-8,10-11,13H,2-4,9H2,1H3,(H,18,20)/t13-/m0/s1. The summed E-state index contributed by atoms with van der Waals surface area (Å²) in [6, 6.07) is 3.58. The number of amides is 1. The van der Waals surface area contributed by atoms with E-state index in [9.17, 15) is 4.79 Å². The average Bonchev–Trinajstić information content (AvgIpc) is 3.24. The summed E-state index contributed by atoms with van der Waals surface area (Å²) in [6.45, 7) is 0.769. The number of nitrogens with zero attached hydrogens (tertiary/aromatic N) is 4. The van der Waals surface area contributed by atoms with Crippen molar-refractivity contribution in [2.45, 2.75) is 25.3 Å². The molecule has 1 aliphatic rings. The van der Waals surface area contributed by atoms with Crippen molar-refractivity contribution in [3.63, 3.8) is 0 Å². The topological polar surface area (TPSA) is 62.5 Å². The predicted octanol–water partition coefficient (Wildman–Crippen LogP) is 3.20. The molecule has 4 heterocycles. The van der Waals surface area contributed by atoms with Crippen LogP contribution in [-0.4, -0.2) is 38.8 Å². The van der Waals surface area contributed by atoms with Gasteiger partial charge in [0.2, 0.25) is 5.95 Å². The van der Waals surface area contributed by atoms with Gasteiger partial charge in [-0.05, 0) is 31.4 Å². The van der Waals surface area contributed by atoms with Gasteiger partial charge in [0, 0.05) is 43.1 Å². The third-order valence-electron chi connectivity index (χ3n) is 4.51. The Hall–Kier alpha value is -2.41. The maximum absolute atomic E-state index is 13.0. The SMILES string of the molecule is CNc1nc([C@@H]2CCCCN2C(=O)c2ccncc2)c2sccn12. The zero-order valence-corrected chi connectivity index (χ0v) is 14.3. The molecule has 3 aromatic rings. The molecular weight excluding hydrogens is 322 g/mol. The highest BCUT2D eigenvalue weighted by Gasteiger charge is 2.32. The molecule has 0 radical (unpaired) electrons. The zero-order valence-electron chi connectivity index (χ0n) is 13.5. The molecule has 1 amide bonds. The molecule has 3 aromatic heterocycles. The molecule has 0 unspecified atom stereocenters. The number of aromatic nitrogens is 3. The number of rotatable bonds is 3. The molecule has 7 heteroatoms. The maximum Gasteiger partial charge on any atom is 0.254 e. The Morgan fingerprint density at radius 1 is 1.33 bits per heavy atom. The Balaban J connectivity index is 1.74. The van der Waals surface area contributed by atoms with E-state index in [4.69, 9.17) is 4.98 Å². The Labute approximate surface area is 144 Å². The van der Waals surface area contributed by atoms with Gasteiger partial charge in [-0.3, -0.25) is 14.2 Å². The molecular formula is C17H19N5OS. The number of thiazole rings is 1. The van der Waals surface area contributed by atoms with E-state index >= 15 is 0 Å². The predicted molar refractivity (Wildman–Crippen MR) is 94.5 cm³/mol. The number of pyridine rings is 1. The Morgan fingerprint density at radius 2 is 2.17 bits per heavy atom. The van der Waals surface area contributed by atoms with E-state index in [2.05, 4.69) is 20.1 Å². The summed E-state index contributed by atoms with van der Waals surface area (Å²) in [5, 5.41) is 5.19. The highest BCUT2D eigenvalue weighted by atomic mass is 32.1. The zero-order chi connectivity index (χ0) is 16.5. The highest BCUT2D eigenvalue weighted by Crippen LogP contribution is 2.36. The van der Waals surface area contributed by atoms with Crippen LogP contribution in [0.25, 0.3) is 4.83 Å². The Kier molecular flexibility index (Phi) is 3.93. The molecule has 1 N–H and O–H groups in total. The lowest BCUT2D eigenvalue weighted by Crippen LogP contribution is -2.38. The van der Waals surface area contributed by atoms with Gasteiger partial charge in [-0.2, -0.15) is 0 Å². The van der Waals surface area contributed by atoms with Gasteiger partial charge < -0.3 is 10.2 Å². The third kappa shape index (κ3) is 2.45. The first-order chi connectivity index (χ1) is 11.8. The van der Waals surface area contributed by atoms with Crippen LogP contribution in [0.5, 0.6) is 0 Å². The number of nitrogens with one attached hydrogen (secondary N) is 1. The summed E-state index contributed by atoms with van der Waals surface area (Å²) in [5.41, 5.74) is 1.68. The molecule has 1 saturated heterocycles. The summed E-state index contributed by atoms with van der Waals surface area (Å²) in [7, 11) is 1.87. The van der Waals surface area contributed by atoms with Gasteiger partial charge in [-0.25, -0.2) is 4.98 Å². The third-order valence-corrected chi connectivity index (χ3v) is 5.40. The number of anilines is 1. The Bertz CT molecular complexity index is 856. The smallest absolute Gasteiger partial charge is 0.254 e. The monoisotopic (exact) mass is 341 g/mol. The number of carbonyl (C=O) groups excluding carboxylic acids is 1. The van der Waals surface area contributed by atoms with Gasteiger partial charge >= 0.3 is 0 Å². The fourth-order valence-electron chi connectivity index (χ4n) is 3.36. The van der Waals surface area contributed by atoms with Crippen molar-refractivity contribution in [1.82, 2.24) is 19.3 Å². The van der Waals surface area contributed by atoms with Crippen molar-refractivity contribution in [1.29, 1.82) is 0 Å². The largest absolute Gasteiger partial charge is 0.358 e. The Morgan fingerprint density at radius 3 is 2.96 bits per heavy atom. The number of hydrogen-bond acceptors (Lipinski definition) is 5. The van der Waals surface area contributed by atoms with Crippen LogP contribution < -0.4 is 5.32 Å². The number of carbonyl (C=O) groups is 1. The molecule has 1 aliphatic heterocycles. The van der Waals surface area contributed by atoms with E-state index in [1.54, 1.807) is 35.9 Å². The van der Waals surface area contributed by atoms with Gasteiger partial charge in [-0.1, -0.05) is 0 Å². The van der Waals surface area contributed by atoms with E-state index in [1.165, 1.54) is 0 Å². The van der Waals surface area contributed by atoms with E-state index in [0.717, 1.165) is 42.3 Å². The lowest BCUT2D eigenvalue weighted by molar-refractivity contribution is 0.0608. The van der Waals surface area contributed by atoms with E-state index in [-0.39, 0.29) is 11.9 Å². The maximum atomic E-state index is 13.0. The fraction of sp³-hybridized carbons (Fsp3) is 0.353. The minimum Gasteiger partial charge on any atom is -0.358 e. The van der Waals surface area contributed by atoms with Gasteiger partial charge in [-0.15, -0.1) is 11.3 Å². The molecule has 0 saturated carbocycles. The highest BCUT2D eigenvalue weighted by molar-refractivity contribution is 7.15. The second kappa shape index (κ2) is 6.24. The minimum absolute atomic E-state index is 0.0233.